The Morgan fingerprint density at radius 2 is 1.90 bits per heavy atom. The summed E-state index contributed by atoms with van der Waals surface area (Å²) < 4.78 is 0. The van der Waals surface area contributed by atoms with Crippen LogP contribution in [-0.2, 0) is 16.0 Å². The number of benzene rings is 1. The molecule has 0 spiro atoms. The third-order valence-electron chi connectivity index (χ3n) is 5.99. The molecule has 0 aliphatic heterocycles. The molecule has 2 rings (SSSR count). The molecule has 0 radical (unpaired) electrons. The van der Waals surface area contributed by atoms with Crippen LogP contribution in [0.15, 0.2) is 54.6 Å². The zero-order valence-electron chi connectivity index (χ0n) is 17.9. The molecule has 0 heterocycles. The van der Waals surface area contributed by atoms with Crippen LogP contribution in [0, 0.1) is 17.3 Å². The first-order chi connectivity index (χ1) is 14.2. The summed E-state index contributed by atoms with van der Waals surface area (Å²) in [5.74, 6) is -1.47. The maximum Gasteiger partial charge on any atom is 0.303 e. The lowest BCUT2D eigenvalue weighted by molar-refractivity contribution is -0.137. The first-order valence-electron chi connectivity index (χ1n) is 10.7. The summed E-state index contributed by atoms with van der Waals surface area (Å²) in [5.41, 5.74) is 0.333. The van der Waals surface area contributed by atoms with Crippen LogP contribution in [-0.4, -0.2) is 39.3 Å². The van der Waals surface area contributed by atoms with Gasteiger partial charge in [-0.3, -0.25) is 9.59 Å². The number of ketones is 1. The third-order valence-corrected chi connectivity index (χ3v) is 5.99. The monoisotopic (exact) mass is 414 g/mol. The smallest absolute Gasteiger partial charge is 0.303 e. The number of aliphatic hydroxyl groups is 2. The van der Waals surface area contributed by atoms with Crippen molar-refractivity contribution in [3.05, 3.63) is 60.2 Å². The van der Waals surface area contributed by atoms with E-state index in [2.05, 4.69) is 0 Å². The van der Waals surface area contributed by atoms with Crippen LogP contribution in [0.3, 0.4) is 0 Å². The van der Waals surface area contributed by atoms with Gasteiger partial charge >= 0.3 is 5.97 Å². The lowest BCUT2D eigenvalue weighted by atomic mass is 9.86. The number of carboxylic acid groups (broad SMARTS) is 1. The SMILES string of the molecule is CC1(C)C(=O)C(CC=CCCCC(=O)O)C(C=CC(O)CCc2ccccc2)C1O. The van der Waals surface area contributed by atoms with Gasteiger partial charge in [0.05, 0.1) is 17.6 Å². The van der Waals surface area contributed by atoms with Crippen molar-refractivity contribution in [3.8, 4) is 0 Å². The van der Waals surface area contributed by atoms with Gasteiger partial charge < -0.3 is 15.3 Å². The van der Waals surface area contributed by atoms with Gasteiger partial charge in [0.1, 0.15) is 5.78 Å². The Morgan fingerprint density at radius 3 is 2.57 bits per heavy atom. The number of hydrogen-bond acceptors (Lipinski definition) is 4. The summed E-state index contributed by atoms with van der Waals surface area (Å²) in [6.45, 7) is 3.53. The molecule has 1 aliphatic carbocycles. The van der Waals surface area contributed by atoms with Crippen LogP contribution < -0.4 is 0 Å². The van der Waals surface area contributed by atoms with Gasteiger partial charge in [-0.25, -0.2) is 0 Å². The van der Waals surface area contributed by atoms with Crippen molar-refractivity contribution in [3.63, 3.8) is 0 Å². The molecule has 0 saturated heterocycles. The molecule has 0 amide bonds. The number of unbranched alkanes of at least 4 members (excludes halogenated alkanes) is 1. The molecule has 1 fully saturated rings. The van der Waals surface area contributed by atoms with E-state index in [0.717, 1.165) is 12.0 Å². The number of carbonyl (C=O) groups excluding carboxylic acids is 1. The molecule has 1 aromatic rings. The summed E-state index contributed by atoms with van der Waals surface area (Å²) >= 11 is 0. The van der Waals surface area contributed by atoms with E-state index >= 15 is 0 Å². The van der Waals surface area contributed by atoms with Crippen molar-refractivity contribution in [2.24, 2.45) is 17.3 Å². The van der Waals surface area contributed by atoms with E-state index in [0.29, 0.717) is 25.7 Å². The van der Waals surface area contributed by atoms with Crippen molar-refractivity contribution >= 4 is 11.8 Å². The van der Waals surface area contributed by atoms with Gasteiger partial charge in [-0.1, -0.05) is 68.5 Å². The summed E-state index contributed by atoms with van der Waals surface area (Å²) in [5, 5.41) is 29.8. The predicted molar refractivity (Wildman–Crippen MR) is 117 cm³/mol. The van der Waals surface area contributed by atoms with Crippen LogP contribution in [0.2, 0.25) is 0 Å². The van der Waals surface area contributed by atoms with Crippen molar-refractivity contribution in [1.29, 1.82) is 0 Å². The Labute approximate surface area is 179 Å². The van der Waals surface area contributed by atoms with E-state index in [1.54, 1.807) is 26.0 Å². The maximum atomic E-state index is 12.8. The fourth-order valence-electron chi connectivity index (χ4n) is 4.05. The molecule has 1 saturated carbocycles. The molecule has 4 atom stereocenters. The van der Waals surface area contributed by atoms with Crippen LogP contribution >= 0.6 is 0 Å². The normalized spacial score (nSPS) is 24.7. The van der Waals surface area contributed by atoms with Gasteiger partial charge in [-0.05, 0) is 37.7 Å². The topological polar surface area (TPSA) is 94.8 Å². The molecule has 4 unspecified atom stereocenters. The number of aliphatic carboxylic acids is 1. The highest BCUT2D eigenvalue weighted by Gasteiger charge is 2.52. The fraction of sp³-hybridized carbons (Fsp3) is 0.520. The molecule has 5 nitrogen and oxygen atoms in total. The number of Topliss-reactive ketones (excluding diaryl/α,β-unsaturated/α-hetero) is 1. The number of carboxylic acids is 1. The lowest BCUT2D eigenvalue weighted by Gasteiger charge is -2.22. The molecule has 3 N–H and O–H groups in total. The zero-order chi connectivity index (χ0) is 22.1. The molecule has 30 heavy (non-hydrogen) atoms. The van der Waals surface area contributed by atoms with E-state index in [1.807, 2.05) is 42.5 Å². The van der Waals surface area contributed by atoms with E-state index in [-0.39, 0.29) is 24.0 Å². The molecule has 0 bridgehead atoms. The number of allylic oxidation sites excluding steroid dienone is 2. The van der Waals surface area contributed by atoms with Crippen molar-refractivity contribution in [1.82, 2.24) is 0 Å². The molecular formula is C25H34O5. The average molecular weight is 415 g/mol. The third kappa shape index (κ3) is 6.64. The highest BCUT2D eigenvalue weighted by atomic mass is 16.4. The Balaban J connectivity index is 1.95. The number of rotatable bonds is 11. The zero-order valence-corrected chi connectivity index (χ0v) is 17.9. The van der Waals surface area contributed by atoms with Gasteiger partial charge in [-0.15, -0.1) is 0 Å². The Hall–Kier alpha value is -2.24. The predicted octanol–water partition coefficient (Wildman–Crippen LogP) is 3.94. The van der Waals surface area contributed by atoms with Gasteiger partial charge in [-0.2, -0.15) is 0 Å². The summed E-state index contributed by atoms with van der Waals surface area (Å²) in [6.07, 6.45) is 9.07. The molecular weight excluding hydrogens is 380 g/mol. The minimum atomic E-state index is -0.828. The van der Waals surface area contributed by atoms with Crippen molar-refractivity contribution in [2.75, 3.05) is 0 Å². The Bertz CT molecular complexity index is 750. The summed E-state index contributed by atoms with van der Waals surface area (Å²) in [4.78, 5) is 23.4. The van der Waals surface area contributed by atoms with Crippen molar-refractivity contribution < 1.29 is 24.9 Å². The van der Waals surface area contributed by atoms with Crippen LogP contribution in [0.1, 0.15) is 51.5 Å². The molecule has 164 valence electrons. The molecule has 1 aromatic carbocycles. The van der Waals surface area contributed by atoms with Crippen LogP contribution in [0.5, 0.6) is 0 Å². The van der Waals surface area contributed by atoms with E-state index in [4.69, 9.17) is 5.11 Å². The van der Waals surface area contributed by atoms with E-state index < -0.39 is 23.6 Å². The number of aliphatic hydroxyl groups excluding tert-OH is 2. The highest BCUT2D eigenvalue weighted by Crippen LogP contribution is 2.44. The van der Waals surface area contributed by atoms with Gasteiger partial charge in [0.15, 0.2) is 0 Å². The minimum absolute atomic E-state index is 0.0265. The van der Waals surface area contributed by atoms with E-state index in [1.165, 1.54) is 0 Å². The molecule has 5 heteroatoms. The number of aryl methyl sites for hydroxylation is 1. The second-order valence-corrected chi connectivity index (χ2v) is 8.68. The minimum Gasteiger partial charge on any atom is -0.481 e. The maximum absolute atomic E-state index is 12.8. The Morgan fingerprint density at radius 1 is 1.20 bits per heavy atom. The molecule has 0 aromatic heterocycles. The highest BCUT2D eigenvalue weighted by molar-refractivity contribution is 5.90. The summed E-state index contributed by atoms with van der Waals surface area (Å²) in [6, 6.07) is 9.95. The number of carbonyl (C=O) groups is 2. The quantitative estimate of drug-likeness (QED) is 0.377. The standard InChI is InChI=1S/C25H34O5/c1-25(2)23(29)20(12-8-3-4-9-13-22(27)28)21(24(25)30)17-16-19(26)15-14-18-10-6-5-7-11-18/h3,5-8,10-11,16-17,19-21,24,26,30H,4,9,12-15H2,1-2H3,(H,27,28). The first-order valence-corrected chi connectivity index (χ1v) is 10.7. The van der Waals surface area contributed by atoms with Crippen LogP contribution in [0.4, 0.5) is 0 Å². The fourth-order valence-corrected chi connectivity index (χ4v) is 4.05. The lowest BCUT2D eigenvalue weighted by Crippen LogP contribution is -2.31. The second-order valence-electron chi connectivity index (χ2n) is 8.68. The van der Waals surface area contributed by atoms with Crippen LogP contribution in [0.25, 0.3) is 0 Å². The number of hydrogen-bond donors (Lipinski definition) is 3. The van der Waals surface area contributed by atoms with Gasteiger partial charge in [0.2, 0.25) is 0 Å². The van der Waals surface area contributed by atoms with Gasteiger partial charge in [0.25, 0.3) is 0 Å². The molecule has 1 aliphatic rings. The second kappa shape index (κ2) is 11.2. The van der Waals surface area contributed by atoms with Crippen molar-refractivity contribution in [2.45, 2.75) is 64.6 Å². The van der Waals surface area contributed by atoms with Gasteiger partial charge in [0, 0.05) is 18.3 Å². The largest absolute Gasteiger partial charge is 0.481 e. The first kappa shape index (κ1) is 24.0. The Kier molecular flexibility index (Phi) is 9.00. The van der Waals surface area contributed by atoms with E-state index in [9.17, 15) is 19.8 Å². The summed E-state index contributed by atoms with van der Waals surface area (Å²) in [7, 11) is 0. The average Bonchev–Trinajstić information content (AvgIpc) is 2.88.